The smallest absolute Gasteiger partial charge is 0.410 e. The first-order valence-corrected chi connectivity index (χ1v) is 11.0. The summed E-state index contributed by atoms with van der Waals surface area (Å²) in [4.78, 5) is 17.5. The van der Waals surface area contributed by atoms with E-state index in [-0.39, 0.29) is 6.09 Å². The fraction of sp³-hybridized carbons (Fsp3) is 0.632. The molecule has 2 fully saturated rings. The number of amides is 1. The Balaban J connectivity index is 1.43. The van der Waals surface area contributed by atoms with Gasteiger partial charge in [-0.25, -0.2) is 9.48 Å². The summed E-state index contributed by atoms with van der Waals surface area (Å²) in [5.74, 6) is 0.981. The molecule has 0 spiro atoms. The summed E-state index contributed by atoms with van der Waals surface area (Å²) >= 11 is 7.45. The fourth-order valence-electron chi connectivity index (χ4n) is 3.34. The lowest BCUT2D eigenvalue weighted by Crippen LogP contribution is -2.50. The molecule has 28 heavy (non-hydrogen) atoms. The third kappa shape index (κ3) is 4.31. The molecule has 1 aliphatic heterocycles. The molecule has 0 aromatic carbocycles. The second-order valence-corrected chi connectivity index (χ2v) is 9.72. The van der Waals surface area contributed by atoms with Crippen molar-refractivity contribution in [3.63, 3.8) is 0 Å². The van der Waals surface area contributed by atoms with Crippen molar-refractivity contribution in [1.29, 1.82) is 0 Å². The minimum absolute atomic E-state index is 0.234. The van der Waals surface area contributed by atoms with Gasteiger partial charge in [0.2, 0.25) is 0 Å². The molecule has 0 radical (unpaired) electrons. The zero-order valence-corrected chi connectivity index (χ0v) is 18.3. The van der Waals surface area contributed by atoms with Crippen LogP contribution in [0.3, 0.4) is 0 Å². The van der Waals surface area contributed by atoms with Crippen LogP contribution in [0.1, 0.15) is 39.7 Å². The third-order valence-corrected chi connectivity index (χ3v) is 6.16. The molecule has 1 amide bonds. The molecule has 9 heteroatoms. The molecule has 0 N–H and O–H groups in total. The SMILES string of the molecule is CC(C)(C)OC(=O)N1CCN(Cn2nc(-c3cccs3)n(C3CC3)c2=S)CC1. The zero-order chi connectivity index (χ0) is 19.9. The van der Waals surface area contributed by atoms with Crippen molar-refractivity contribution < 1.29 is 9.53 Å². The quantitative estimate of drug-likeness (QED) is 0.699. The molecule has 152 valence electrons. The van der Waals surface area contributed by atoms with Crippen LogP contribution in [0, 0.1) is 4.77 Å². The van der Waals surface area contributed by atoms with Crippen molar-refractivity contribution in [2.75, 3.05) is 26.2 Å². The lowest BCUT2D eigenvalue weighted by molar-refractivity contribution is 0.0113. The van der Waals surface area contributed by atoms with Gasteiger partial charge in [0.05, 0.1) is 11.5 Å². The standard InChI is InChI=1S/C19H27N5O2S2/c1-19(2,3)26-18(25)22-10-8-21(9-11-22)13-23-17(27)24(14-6-7-14)16(20-23)15-5-4-12-28-15/h4-5,12,14H,6-11,13H2,1-3H3. The van der Waals surface area contributed by atoms with Crippen LogP contribution in [0.15, 0.2) is 17.5 Å². The van der Waals surface area contributed by atoms with E-state index < -0.39 is 5.60 Å². The van der Waals surface area contributed by atoms with E-state index in [2.05, 4.69) is 27.0 Å². The Morgan fingerprint density at radius 2 is 2.00 bits per heavy atom. The minimum atomic E-state index is -0.463. The van der Waals surface area contributed by atoms with Gasteiger partial charge in [-0.2, -0.15) is 0 Å². The molecule has 0 unspecified atom stereocenters. The Kier molecular flexibility index (Phi) is 5.32. The third-order valence-electron chi connectivity index (χ3n) is 4.88. The number of aromatic nitrogens is 3. The predicted molar refractivity (Wildman–Crippen MR) is 112 cm³/mol. The van der Waals surface area contributed by atoms with E-state index in [4.69, 9.17) is 22.1 Å². The molecule has 1 aliphatic carbocycles. The molecule has 0 atom stereocenters. The topological polar surface area (TPSA) is 55.5 Å². The maximum atomic E-state index is 12.2. The van der Waals surface area contributed by atoms with E-state index in [9.17, 15) is 4.79 Å². The van der Waals surface area contributed by atoms with Crippen LogP contribution in [0.2, 0.25) is 0 Å². The number of thiophene rings is 1. The molecule has 2 aromatic rings. The van der Waals surface area contributed by atoms with E-state index in [1.165, 1.54) is 12.8 Å². The molecule has 4 rings (SSSR count). The Hall–Kier alpha value is -1.71. The van der Waals surface area contributed by atoms with Gasteiger partial charge < -0.3 is 9.64 Å². The summed E-state index contributed by atoms with van der Waals surface area (Å²) in [6.45, 7) is 9.21. The molecule has 2 aliphatic rings. The van der Waals surface area contributed by atoms with E-state index >= 15 is 0 Å². The molecule has 1 saturated heterocycles. The number of hydrogen-bond acceptors (Lipinski definition) is 6. The van der Waals surface area contributed by atoms with Crippen molar-refractivity contribution >= 4 is 29.6 Å². The normalized spacial score (nSPS) is 18.5. The molecule has 7 nitrogen and oxygen atoms in total. The number of hydrogen-bond donors (Lipinski definition) is 0. The zero-order valence-electron chi connectivity index (χ0n) is 16.6. The van der Waals surface area contributed by atoms with Crippen molar-refractivity contribution in [3.8, 4) is 10.7 Å². The van der Waals surface area contributed by atoms with Crippen LogP contribution in [0.4, 0.5) is 4.79 Å². The molecular formula is C19H27N5O2S2. The van der Waals surface area contributed by atoms with Crippen LogP contribution in [-0.4, -0.2) is 62.0 Å². The highest BCUT2D eigenvalue weighted by Crippen LogP contribution is 2.39. The monoisotopic (exact) mass is 421 g/mol. The highest BCUT2D eigenvalue weighted by molar-refractivity contribution is 7.71. The number of rotatable bonds is 4. The Labute approximate surface area is 174 Å². The van der Waals surface area contributed by atoms with Gasteiger partial charge >= 0.3 is 6.09 Å². The lowest BCUT2D eigenvalue weighted by atomic mass is 10.2. The number of ether oxygens (including phenoxy) is 1. The average molecular weight is 422 g/mol. The van der Waals surface area contributed by atoms with Gasteiger partial charge in [0.1, 0.15) is 5.60 Å². The van der Waals surface area contributed by atoms with Crippen molar-refractivity contribution in [2.24, 2.45) is 0 Å². The molecule has 1 saturated carbocycles. The van der Waals surface area contributed by atoms with Crippen molar-refractivity contribution in [1.82, 2.24) is 24.1 Å². The predicted octanol–water partition coefficient (Wildman–Crippen LogP) is 3.99. The number of piperazine rings is 1. The van der Waals surface area contributed by atoms with E-state index in [1.807, 2.05) is 25.5 Å². The van der Waals surface area contributed by atoms with Crippen LogP contribution in [0.5, 0.6) is 0 Å². The molecule has 3 heterocycles. The van der Waals surface area contributed by atoms with Gasteiger partial charge in [0.15, 0.2) is 10.6 Å². The first-order chi connectivity index (χ1) is 13.3. The maximum absolute atomic E-state index is 12.2. The first kappa shape index (κ1) is 19.6. The summed E-state index contributed by atoms with van der Waals surface area (Å²) in [6, 6.07) is 4.64. The van der Waals surface area contributed by atoms with E-state index in [0.717, 1.165) is 28.6 Å². The van der Waals surface area contributed by atoms with Gasteiger partial charge in [-0.15, -0.1) is 16.4 Å². The van der Waals surface area contributed by atoms with Crippen LogP contribution in [0.25, 0.3) is 10.7 Å². The average Bonchev–Trinajstić information content (AvgIpc) is 3.21. The van der Waals surface area contributed by atoms with Gasteiger partial charge in [-0.3, -0.25) is 9.47 Å². The summed E-state index contributed by atoms with van der Waals surface area (Å²) in [7, 11) is 0. The first-order valence-electron chi connectivity index (χ1n) is 9.75. The second-order valence-electron chi connectivity index (χ2n) is 8.41. The summed E-state index contributed by atoms with van der Waals surface area (Å²) in [5, 5.41) is 6.92. The van der Waals surface area contributed by atoms with E-state index in [1.54, 1.807) is 16.2 Å². The van der Waals surface area contributed by atoms with Crippen LogP contribution < -0.4 is 0 Å². The summed E-state index contributed by atoms with van der Waals surface area (Å²) < 4.78 is 10.4. The van der Waals surface area contributed by atoms with Crippen molar-refractivity contribution in [3.05, 3.63) is 22.3 Å². The van der Waals surface area contributed by atoms with Gasteiger partial charge in [-0.05, 0) is 57.3 Å². The van der Waals surface area contributed by atoms with Gasteiger partial charge in [0, 0.05) is 32.2 Å². The highest BCUT2D eigenvalue weighted by Gasteiger charge is 2.30. The Morgan fingerprint density at radius 1 is 1.29 bits per heavy atom. The maximum Gasteiger partial charge on any atom is 0.410 e. The van der Waals surface area contributed by atoms with E-state index in [0.29, 0.717) is 25.8 Å². The molecule has 2 aromatic heterocycles. The van der Waals surface area contributed by atoms with Gasteiger partial charge in [0.25, 0.3) is 0 Å². The lowest BCUT2D eigenvalue weighted by Gasteiger charge is -2.35. The van der Waals surface area contributed by atoms with Crippen molar-refractivity contribution in [2.45, 2.75) is 51.9 Å². The molecular weight excluding hydrogens is 394 g/mol. The minimum Gasteiger partial charge on any atom is -0.444 e. The summed E-state index contributed by atoms with van der Waals surface area (Å²) in [5.41, 5.74) is -0.463. The van der Waals surface area contributed by atoms with Crippen LogP contribution >= 0.6 is 23.6 Å². The summed E-state index contributed by atoms with van der Waals surface area (Å²) in [6.07, 6.45) is 2.11. The Morgan fingerprint density at radius 3 is 2.57 bits per heavy atom. The number of carbonyl (C=O) groups excluding carboxylic acids is 1. The highest BCUT2D eigenvalue weighted by atomic mass is 32.1. The fourth-order valence-corrected chi connectivity index (χ4v) is 4.38. The van der Waals surface area contributed by atoms with Gasteiger partial charge in [-0.1, -0.05) is 6.07 Å². The Bertz CT molecular complexity index is 885. The number of carbonyl (C=O) groups is 1. The largest absolute Gasteiger partial charge is 0.444 e. The number of nitrogens with zero attached hydrogens (tertiary/aromatic N) is 5. The van der Waals surface area contributed by atoms with Crippen LogP contribution in [-0.2, 0) is 11.4 Å². The second kappa shape index (κ2) is 7.61. The molecule has 0 bridgehead atoms.